The van der Waals surface area contributed by atoms with Crippen molar-refractivity contribution in [2.45, 2.75) is 172 Å². The summed E-state index contributed by atoms with van der Waals surface area (Å²) in [5.74, 6) is -2.58. The van der Waals surface area contributed by atoms with Crippen LogP contribution in [0.2, 0.25) is 0 Å². The van der Waals surface area contributed by atoms with E-state index in [2.05, 4.69) is 33.4 Å². The number of thioether (sulfide) groups is 1. The smallest absolute Gasteiger partial charge is 0.408 e. The van der Waals surface area contributed by atoms with Crippen LogP contribution in [0.4, 0.5) is 9.59 Å². The summed E-state index contributed by atoms with van der Waals surface area (Å²) in [5.41, 5.74) is 5.96. The quantitative estimate of drug-likeness (QED) is 0.0654. The lowest BCUT2D eigenvalue weighted by Crippen LogP contribution is -2.62. The first-order valence-corrected chi connectivity index (χ1v) is 28.6. The Labute approximate surface area is 469 Å². The van der Waals surface area contributed by atoms with Crippen molar-refractivity contribution in [3.05, 3.63) is 142 Å². The van der Waals surface area contributed by atoms with Crippen LogP contribution in [0.1, 0.15) is 150 Å². The molecule has 4 aliphatic rings. The highest BCUT2D eigenvalue weighted by atomic mass is 32.2. The van der Waals surface area contributed by atoms with Gasteiger partial charge in [0.1, 0.15) is 36.4 Å². The van der Waals surface area contributed by atoms with Crippen LogP contribution < -0.4 is 21.3 Å². The molecule has 0 aromatic heterocycles. The van der Waals surface area contributed by atoms with Gasteiger partial charge in [0.15, 0.2) is 0 Å². The molecule has 0 bridgehead atoms. The third-order valence-electron chi connectivity index (χ3n) is 15.7. The highest BCUT2D eigenvalue weighted by Crippen LogP contribution is 2.39. The minimum absolute atomic E-state index is 0.00621. The van der Waals surface area contributed by atoms with E-state index in [0.29, 0.717) is 0 Å². The molecule has 4 aromatic rings. The number of carbonyl (C=O) groups is 7. The Kier molecular flexibility index (Phi) is 18.2. The van der Waals surface area contributed by atoms with E-state index in [1.807, 2.05) is 106 Å². The molecule has 16 nitrogen and oxygen atoms in total. The summed E-state index contributed by atoms with van der Waals surface area (Å²) >= 11 is 1.14. The molecule has 2 heterocycles. The topological polar surface area (TPSA) is 202 Å². The molecule has 2 aliphatic carbocycles. The van der Waals surface area contributed by atoms with Gasteiger partial charge in [0.2, 0.25) is 23.6 Å². The molecule has 1 fully saturated rings. The maximum atomic E-state index is 15.5. The number of benzene rings is 4. The summed E-state index contributed by atoms with van der Waals surface area (Å²) < 4.78 is 15.1. The van der Waals surface area contributed by atoms with Crippen molar-refractivity contribution < 1.29 is 47.8 Å². The Hall–Kier alpha value is -6.88. The lowest BCUT2D eigenvalue weighted by molar-refractivity contribution is -0.144. The van der Waals surface area contributed by atoms with Gasteiger partial charge in [0, 0.05) is 30.2 Å². The summed E-state index contributed by atoms with van der Waals surface area (Å²) in [5, 5.41) is 12.3. The standard InChI is InChI=1S/C62H78N6O10S/c1-60(2,3)52(65-58(74)77-36-38-19-11-10-12-20-38)56(72)67-35-44(33-50(67)55(71)64-48-28-18-24-40-22-14-16-26-46(40)48)41-29-30-42-32-49(54(70)63-47-27-17-23-39-21-13-15-25-45(39)47)68(34-43(42)31-41)57(73)53(66-59(75)78-61(4,5)6)62(7,8)79-37-51(69)76-9/h10-16,19-22,25-26,29-31,44,47-50,52-53H,17-18,23-24,27-28,32-37H2,1-9H3,(H,63,70)(H,64,71)(H,65,74)(H,66,75)/t44-,47+,48+,49-,50-,52+,53+/m0/s1. The van der Waals surface area contributed by atoms with E-state index >= 15 is 9.59 Å². The first kappa shape index (κ1) is 58.3. The van der Waals surface area contributed by atoms with Gasteiger partial charge in [-0.15, -0.1) is 11.8 Å². The molecular formula is C62H78N6O10S. The maximum absolute atomic E-state index is 15.5. The molecule has 8 rings (SSSR count). The first-order chi connectivity index (χ1) is 37.5. The van der Waals surface area contributed by atoms with Crippen LogP contribution in [0.5, 0.6) is 0 Å². The number of nitrogens with one attached hydrogen (secondary N) is 4. The lowest BCUT2D eigenvalue weighted by Gasteiger charge is -2.42. The number of alkyl carbamates (subject to hydrolysis) is 2. The van der Waals surface area contributed by atoms with E-state index in [9.17, 15) is 24.0 Å². The van der Waals surface area contributed by atoms with Gasteiger partial charge in [-0.25, -0.2) is 9.59 Å². The van der Waals surface area contributed by atoms with Crippen molar-refractivity contribution in [3.8, 4) is 0 Å². The molecular weight excluding hydrogens is 1020 g/mol. The minimum atomic E-state index is -1.28. The third kappa shape index (κ3) is 14.3. The largest absolute Gasteiger partial charge is 0.468 e. The van der Waals surface area contributed by atoms with E-state index in [1.54, 1.807) is 39.5 Å². The van der Waals surface area contributed by atoms with Crippen molar-refractivity contribution in [3.63, 3.8) is 0 Å². The maximum Gasteiger partial charge on any atom is 0.408 e. The molecule has 0 spiro atoms. The molecule has 0 radical (unpaired) electrons. The van der Waals surface area contributed by atoms with Crippen LogP contribution in [0.15, 0.2) is 97.1 Å². The molecule has 7 atom stereocenters. The summed E-state index contributed by atoms with van der Waals surface area (Å²) in [6.45, 7) is 14.4. The number of fused-ring (bicyclic) bond motifs is 3. The van der Waals surface area contributed by atoms with Crippen molar-refractivity contribution in [1.82, 2.24) is 31.1 Å². The second kappa shape index (κ2) is 24.6. The third-order valence-corrected chi connectivity index (χ3v) is 17.0. The van der Waals surface area contributed by atoms with Crippen molar-refractivity contribution >= 4 is 53.5 Å². The highest BCUT2D eigenvalue weighted by Gasteiger charge is 2.48. The lowest BCUT2D eigenvalue weighted by atomic mass is 9.85. The normalized spacial score (nSPS) is 20.7. The molecule has 17 heteroatoms. The van der Waals surface area contributed by atoms with E-state index in [4.69, 9.17) is 14.2 Å². The number of hydrogen-bond donors (Lipinski definition) is 4. The number of nitrogens with zero attached hydrogens (tertiary/aromatic N) is 2. The Balaban J connectivity index is 1.12. The molecule has 6 amide bonds. The second-order valence-electron chi connectivity index (χ2n) is 24.0. The fraction of sp³-hybridized carbons (Fsp3) is 0.500. The monoisotopic (exact) mass is 1100 g/mol. The first-order valence-electron chi connectivity index (χ1n) is 27.7. The molecule has 2 aliphatic heterocycles. The molecule has 4 aromatic carbocycles. The van der Waals surface area contributed by atoms with Crippen LogP contribution in [0.3, 0.4) is 0 Å². The summed E-state index contributed by atoms with van der Waals surface area (Å²) in [6, 6.07) is 26.6. The van der Waals surface area contributed by atoms with Gasteiger partial charge in [0.25, 0.3) is 0 Å². The van der Waals surface area contributed by atoms with E-state index < -0.39 is 69.9 Å². The molecule has 422 valence electrons. The number of likely N-dealkylation sites (tertiary alicyclic amines) is 1. The highest BCUT2D eigenvalue weighted by molar-refractivity contribution is 8.01. The van der Waals surface area contributed by atoms with Gasteiger partial charge in [0.05, 0.1) is 24.9 Å². The number of amides is 6. The molecule has 0 saturated carbocycles. The van der Waals surface area contributed by atoms with Gasteiger partial charge in [-0.1, -0.05) is 118 Å². The van der Waals surface area contributed by atoms with Gasteiger partial charge in [-0.3, -0.25) is 24.0 Å². The Morgan fingerprint density at radius 1 is 0.646 bits per heavy atom. The van der Waals surface area contributed by atoms with E-state index in [0.717, 1.165) is 89.2 Å². The number of ether oxygens (including phenoxy) is 3. The molecule has 0 unspecified atom stereocenters. The van der Waals surface area contributed by atoms with E-state index in [-0.39, 0.29) is 68.1 Å². The van der Waals surface area contributed by atoms with Gasteiger partial charge >= 0.3 is 18.2 Å². The summed E-state index contributed by atoms with van der Waals surface area (Å²) in [6.07, 6.45) is 3.87. The number of rotatable bonds is 15. The summed E-state index contributed by atoms with van der Waals surface area (Å²) in [7, 11) is 1.28. The molecule has 1 saturated heterocycles. The number of hydrogen-bond acceptors (Lipinski definition) is 11. The average molecular weight is 1100 g/mol. The zero-order valence-corrected chi connectivity index (χ0v) is 48.0. The predicted octanol–water partition coefficient (Wildman–Crippen LogP) is 8.93. The molecule has 4 N–H and O–H groups in total. The number of aryl methyl sites for hydroxylation is 2. The fourth-order valence-corrected chi connectivity index (χ4v) is 12.4. The van der Waals surface area contributed by atoms with Crippen LogP contribution in [-0.2, 0) is 70.6 Å². The van der Waals surface area contributed by atoms with Crippen LogP contribution in [0.25, 0.3) is 0 Å². The van der Waals surface area contributed by atoms with Gasteiger partial charge < -0.3 is 45.3 Å². The van der Waals surface area contributed by atoms with Gasteiger partial charge in [-0.05, 0) is 129 Å². The Morgan fingerprint density at radius 3 is 1.81 bits per heavy atom. The van der Waals surface area contributed by atoms with Crippen LogP contribution >= 0.6 is 11.8 Å². The Morgan fingerprint density at radius 2 is 1.22 bits per heavy atom. The zero-order valence-electron chi connectivity index (χ0n) is 47.1. The van der Waals surface area contributed by atoms with E-state index in [1.165, 1.54) is 17.6 Å². The second-order valence-corrected chi connectivity index (χ2v) is 25.6. The van der Waals surface area contributed by atoms with Crippen molar-refractivity contribution in [1.29, 1.82) is 0 Å². The minimum Gasteiger partial charge on any atom is -0.468 e. The van der Waals surface area contributed by atoms with Gasteiger partial charge in [-0.2, -0.15) is 0 Å². The summed E-state index contributed by atoms with van der Waals surface area (Å²) in [4.78, 5) is 103. The Bertz CT molecular complexity index is 2900. The van der Waals surface area contributed by atoms with Crippen LogP contribution in [-0.4, -0.2) is 106 Å². The van der Waals surface area contributed by atoms with Crippen LogP contribution in [0, 0.1) is 5.41 Å². The van der Waals surface area contributed by atoms with Crippen molar-refractivity contribution in [2.24, 2.45) is 5.41 Å². The molecule has 79 heavy (non-hydrogen) atoms. The number of methoxy groups -OCH3 is 1. The van der Waals surface area contributed by atoms with Crippen molar-refractivity contribution in [2.75, 3.05) is 19.4 Å². The number of carbonyl (C=O) groups excluding carboxylic acids is 7. The zero-order chi connectivity index (χ0) is 56.8. The SMILES string of the molecule is COC(=O)CSC(C)(C)[C@H](NC(=O)OC(C)(C)C)C(=O)N1Cc2cc([C@H]3C[C@@H](C(=O)N[C@@H]4CCCc5ccccc54)N(C(=O)[C@@H](NC(=O)OCc4ccccc4)C(C)(C)C)C3)ccc2C[C@H]1C(=O)N[C@@H]1CCCc2ccccc21. The fourth-order valence-electron chi connectivity index (χ4n) is 11.4. The predicted molar refractivity (Wildman–Crippen MR) is 303 cm³/mol. The number of esters is 1. The average Bonchev–Trinajstić information content (AvgIpc) is 4.04.